The molecule has 193 valence electrons. The van der Waals surface area contributed by atoms with Gasteiger partial charge in [-0.2, -0.15) is 36.1 Å². The van der Waals surface area contributed by atoms with Gasteiger partial charge in [-0.3, -0.25) is 4.79 Å². The van der Waals surface area contributed by atoms with E-state index in [-0.39, 0.29) is 39.9 Å². The van der Waals surface area contributed by atoms with Crippen LogP contribution in [-0.4, -0.2) is 20.7 Å². The maximum Gasteiger partial charge on any atom is 0.419 e. The van der Waals surface area contributed by atoms with Crippen molar-refractivity contribution in [1.82, 2.24) is 9.78 Å². The molecule has 1 radical (unpaired) electrons. The smallest absolute Gasteiger partial charge is 0.419 e. The summed E-state index contributed by atoms with van der Waals surface area (Å²) in [6.45, 7) is 0.841. The van der Waals surface area contributed by atoms with E-state index in [4.69, 9.17) is 0 Å². The normalized spacial score (nSPS) is 12.0. The largest absolute Gasteiger partial charge is 0.493 e. The second kappa shape index (κ2) is 9.15. The molecule has 1 aromatic heterocycles. The third kappa shape index (κ3) is 4.85. The van der Waals surface area contributed by atoms with Crippen molar-refractivity contribution in [3.8, 4) is 11.6 Å². The zero-order valence-electron chi connectivity index (χ0n) is 16.4. The fourth-order valence-corrected chi connectivity index (χ4v) is 3.00. The van der Waals surface area contributed by atoms with E-state index < -0.39 is 86.7 Å². The van der Waals surface area contributed by atoms with Gasteiger partial charge >= 0.3 is 12.4 Å². The monoisotopic (exact) mass is 567 g/mol. The summed E-state index contributed by atoms with van der Waals surface area (Å²) in [6, 6.07) is -0.734. The number of rotatable bonds is 3. The molecule has 2 aromatic carbocycles. The van der Waals surface area contributed by atoms with Gasteiger partial charge in [-0.05, 0) is 19.1 Å². The molecule has 0 saturated carbocycles. The molecule has 0 aliphatic carbocycles. The molecule has 0 aliphatic rings. The molecular formula is C19H7CuF11N2O2. The maximum absolute atomic E-state index is 14.1. The standard InChI is InChI=1S/C19H7F11N2O2.Cu/c1-5-11(17(34)32(31-5)15-13(23)9(20)4-10(21)14(15)24)16(33)6-2-7(18(25,26)27)12(22)8(3-6)19(28,29)30;/h2-4,34H,1H3;. The number of hydrogen-bond donors (Lipinski definition) is 1. The first-order valence-electron chi connectivity index (χ1n) is 8.61. The summed E-state index contributed by atoms with van der Waals surface area (Å²) in [5.74, 6) is -14.2. The molecule has 0 bridgehead atoms. The van der Waals surface area contributed by atoms with Crippen molar-refractivity contribution in [1.29, 1.82) is 0 Å². The first kappa shape index (κ1) is 28.1. The molecule has 1 N–H and O–H groups in total. The van der Waals surface area contributed by atoms with E-state index in [0.717, 1.165) is 6.92 Å². The number of alkyl halides is 6. The summed E-state index contributed by atoms with van der Waals surface area (Å²) in [7, 11) is 0. The minimum Gasteiger partial charge on any atom is -0.493 e. The Morgan fingerprint density at radius 2 is 1.26 bits per heavy atom. The molecule has 0 fully saturated rings. The van der Waals surface area contributed by atoms with Crippen LogP contribution in [0.25, 0.3) is 5.69 Å². The second-order valence-electron chi connectivity index (χ2n) is 6.72. The molecule has 1 heterocycles. The molecule has 0 amide bonds. The van der Waals surface area contributed by atoms with Crippen LogP contribution in [0.2, 0.25) is 0 Å². The number of nitrogens with zero attached hydrogens (tertiary/aromatic N) is 2. The summed E-state index contributed by atoms with van der Waals surface area (Å²) in [5.41, 5.74) is -9.89. The quantitative estimate of drug-likeness (QED) is 0.187. The van der Waals surface area contributed by atoms with Crippen LogP contribution in [0.1, 0.15) is 32.7 Å². The Kier molecular flexibility index (Phi) is 7.35. The van der Waals surface area contributed by atoms with Gasteiger partial charge in [0.05, 0.1) is 16.8 Å². The second-order valence-corrected chi connectivity index (χ2v) is 6.72. The van der Waals surface area contributed by atoms with Crippen LogP contribution in [0.4, 0.5) is 48.3 Å². The van der Waals surface area contributed by atoms with E-state index in [9.17, 15) is 58.2 Å². The fourth-order valence-electron chi connectivity index (χ4n) is 3.00. The number of carbonyl (C=O) groups is 1. The predicted octanol–water partition coefficient (Wildman–Crippen LogP) is 5.85. The Morgan fingerprint density at radius 3 is 1.66 bits per heavy atom. The summed E-state index contributed by atoms with van der Waals surface area (Å²) >= 11 is 0. The van der Waals surface area contributed by atoms with Gasteiger partial charge in [-0.15, -0.1) is 0 Å². The Balaban J connectivity index is 0.00000432. The van der Waals surface area contributed by atoms with Crippen molar-refractivity contribution in [3.05, 3.63) is 75.2 Å². The maximum atomic E-state index is 14.1. The third-order valence-corrected chi connectivity index (χ3v) is 4.51. The molecule has 0 spiro atoms. The average molecular weight is 568 g/mol. The van der Waals surface area contributed by atoms with Gasteiger partial charge in [0.25, 0.3) is 0 Å². The number of benzene rings is 2. The zero-order chi connectivity index (χ0) is 25.9. The number of hydrogen-bond acceptors (Lipinski definition) is 3. The van der Waals surface area contributed by atoms with Crippen molar-refractivity contribution in [2.45, 2.75) is 19.3 Å². The summed E-state index contributed by atoms with van der Waals surface area (Å²) in [6.07, 6.45) is -11.3. The average Bonchev–Trinajstić information content (AvgIpc) is 2.98. The van der Waals surface area contributed by atoms with E-state index in [1.807, 2.05) is 0 Å². The topological polar surface area (TPSA) is 55.1 Å². The molecule has 0 saturated heterocycles. The molecule has 3 aromatic rings. The van der Waals surface area contributed by atoms with Crippen molar-refractivity contribution in [2.24, 2.45) is 0 Å². The van der Waals surface area contributed by atoms with E-state index in [1.165, 1.54) is 0 Å². The number of aryl methyl sites for hydroxylation is 1. The van der Waals surface area contributed by atoms with Gasteiger partial charge in [-0.25, -0.2) is 22.0 Å². The van der Waals surface area contributed by atoms with Crippen molar-refractivity contribution in [3.63, 3.8) is 0 Å². The van der Waals surface area contributed by atoms with Crippen LogP contribution in [0.3, 0.4) is 0 Å². The minimum atomic E-state index is -5.67. The van der Waals surface area contributed by atoms with Crippen LogP contribution in [0.15, 0.2) is 18.2 Å². The number of carbonyl (C=O) groups excluding carboxylic acids is 1. The van der Waals surface area contributed by atoms with E-state index in [2.05, 4.69) is 5.10 Å². The number of ketones is 1. The van der Waals surface area contributed by atoms with Gasteiger partial charge < -0.3 is 5.11 Å². The van der Waals surface area contributed by atoms with Crippen LogP contribution >= 0.6 is 0 Å². The van der Waals surface area contributed by atoms with Gasteiger partial charge in [0, 0.05) is 28.7 Å². The summed E-state index contributed by atoms with van der Waals surface area (Å²) < 4.78 is 147. The Bertz CT molecular complexity index is 1270. The van der Waals surface area contributed by atoms with Crippen LogP contribution < -0.4 is 0 Å². The Labute approximate surface area is 197 Å². The fraction of sp³-hybridized carbons (Fsp3) is 0.158. The van der Waals surface area contributed by atoms with Crippen molar-refractivity contribution >= 4 is 5.78 Å². The Hall–Kier alpha value is -3.13. The molecule has 0 aliphatic heterocycles. The van der Waals surface area contributed by atoms with Crippen LogP contribution in [-0.2, 0) is 29.4 Å². The van der Waals surface area contributed by atoms with Crippen molar-refractivity contribution in [2.75, 3.05) is 0 Å². The number of halogens is 11. The predicted molar refractivity (Wildman–Crippen MR) is 89.6 cm³/mol. The number of aromatic nitrogens is 2. The molecule has 16 heteroatoms. The van der Waals surface area contributed by atoms with Crippen LogP contribution in [0, 0.1) is 36.0 Å². The van der Waals surface area contributed by atoms with Gasteiger partial charge in [-0.1, -0.05) is 0 Å². The molecule has 0 atom stereocenters. The van der Waals surface area contributed by atoms with Crippen LogP contribution in [0.5, 0.6) is 5.88 Å². The van der Waals surface area contributed by atoms with Gasteiger partial charge in [0.1, 0.15) is 17.1 Å². The summed E-state index contributed by atoms with van der Waals surface area (Å²) in [5, 5.41) is 13.5. The summed E-state index contributed by atoms with van der Waals surface area (Å²) in [4.78, 5) is 12.7. The molecule has 3 rings (SSSR count). The molecule has 35 heavy (non-hydrogen) atoms. The Morgan fingerprint density at radius 1 is 0.829 bits per heavy atom. The SMILES string of the molecule is Cc1nn(-c2c(F)c(F)cc(F)c2F)c(O)c1C(=O)c1cc(C(F)(F)F)c(F)c(C(F)(F)F)c1.[Cu]. The third-order valence-electron chi connectivity index (χ3n) is 4.51. The van der Waals surface area contributed by atoms with E-state index in [1.54, 1.807) is 0 Å². The molecule has 0 unspecified atom stereocenters. The molecule has 4 nitrogen and oxygen atoms in total. The molecular weight excluding hydrogens is 561 g/mol. The number of aromatic hydroxyl groups is 1. The zero-order valence-corrected chi connectivity index (χ0v) is 17.4. The van der Waals surface area contributed by atoms with Gasteiger partial charge in [0.15, 0.2) is 29.1 Å². The minimum absolute atomic E-state index is 0. The van der Waals surface area contributed by atoms with Gasteiger partial charge in [0.2, 0.25) is 5.88 Å². The first-order chi connectivity index (χ1) is 15.5. The van der Waals surface area contributed by atoms with E-state index in [0.29, 0.717) is 0 Å². The first-order valence-corrected chi connectivity index (χ1v) is 8.61. The van der Waals surface area contributed by atoms with E-state index >= 15 is 0 Å². The van der Waals surface area contributed by atoms with Crippen molar-refractivity contribution < 1.29 is 75.3 Å².